The largest absolute Gasteiger partial charge is 0.493 e. The fourth-order valence-corrected chi connectivity index (χ4v) is 4.83. The quantitative estimate of drug-likeness (QED) is 0.372. The van der Waals surface area contributed by atoms with Gasteiger partial charge in [-0.2, -0.15) is 4.31 Å². The molecule has 0 radical (unpaired) electrons. The molecule has 0 aromatic heterocycles. The highest BCUT2D eigenvalue weighted by atomic mass is 32.2. The van der Waals surface area contributed by atoms with E-state index in [9.17, 15) is 13.2 Å². The lowest BCUT2D eigenvalue weighted by atomic mass is 10.1. The van der Waals surface area contributed by atoms with Crippen molar-refractivity contribution >= 4 is 27.7 Å². The number of nitrogens with zero attached hydrogens (tertiary/aromatic N) is 2. The van der Waals surface area contributed by atoms with Crippen molar-refractivity contribution in [1.82, 2.24) is 9.21 Å². The Labute approximate surface area is 204 Å². The van der Waals surface area contributed by atoms with Crippen LogP contribution in [-0.4, -0.2) is 80.8 Å². The normalized spacial score (nSPS) is 13.9. The van der Waals surface area contributed by atoms with Crippen molar-refractivity contribution in [2.75, 3.05) is 40.4 Å². The SMILES string of the molecule is CC(=O)O.COc1ccc(S(=O)(=O)N2CCN(C(=O)Cc3ccc(C(=N)N)cc3)CC2)cc1OC. The van der Waals surface area contributed by atoms with Crippen LogP contribution < -0.4 is 15.2 Å². The molecule has 2 aromatic rings. The zero-order chi connectivity index (χ0) is 26.2. The first-order chi connectivity index (χ1) is 16.5. The van der Waals surface area contributed by atoms with Crippen molar-refractivity contribution < 1.29 is 32.6 Å². The van der Waals surface area contributed by atoms with Crippen LogP contribution in [0, 0.1) is 5.41 Å². The van der Waals surface area contributed by atoms with E-state index in [2.05, 4.69) is 0 Å². The summed E-state index contributed by atoms with van der Waals surface area (Å²) in [6, 6.07) is 11.4. The first-order valence-electron chi connectivity index (χ1n) is 10.6. The molecule has 0 spiro atoms. The second-order valence-electron chi connectivity index (χ2n) is 7.61. The first kappa shape index (κ1) is 27.6. The van der Waals surface area contributed by atoms with E-state index < -0.39 is 16.0 Å². The number of sulfonamides is 1. The minimum Gasteiger partial charge on any atom is -0.493 e. The molecule has 0 saturated carbocycles. The molecule has 190 valence electrons. The third kappa shape index (κ3) is 7.42. The molecule has 1 fully saturated rings. The van der Waals surface area contributed by atoms with E-state index in [1.54, 1.807) is 35.2 Å². The maximum absolute atomic E-state index is 13.0. The molecular weight excluding hydrogens is 476 g/mol. The summed E-state index contributed by atoms with van der Waals surface area (Å²) in [5.41, 5.74) is 6.86. The highest BCUT2D eigenvalue weighted by Crippen LogP contribution is 2.30. The van der Waals surface area contributed by atoms with Crippen LogP contribution in [0.4, 0.5) is 0 Å². The number of carbonyl (C=O) groups excluding carboxylic acids is 1. The molecule has 0 unspecified atom stereocenters. The van der Waals surface area contributed by atoms with E-state index in [0.29, 0.717) is 30.2 Å². The molecule has 1 aliphatic rings. The average molecular weight is 507 g/mol. The smallest absolute Gasteiger partial charge is 0.300 e. The maximum Gasteiger partial charge on any atom is 0.300 e. The van der Waals surface area contributed by atoms with Gasteiger partial charge in [-0.25, -0.2) is 8.42 Å². The summed E-state index contributed by atoms with van der Waals surface area (Å²) >= 11 is 0. The number of carbonyl (C=O) groups is 2. The Kier molecular flexibility index (Phi) is 9.60. The zero-order valence-corrected chi connectivity index (χ0v) is 20.7. The van der Waals surface area contributed by atoms with Gasteiger partial charge in [-0.05, 0) is 17.7 Å². The van der Waals surface area contributed by atoms with Gasteiger partial charge in [0.05, 0.1) is 25.5 Å². The third-order valence-corrected chi connectivity index (χ3v) is 7.10. The molecule has 0 aliphatic carbocycles. The topological polar surface area (TPSA) is 163 Å². The summed E-state index contributed by atoms with van der Waals surface area (Å²) in [6.07, 6.45) is 0.209. The van der Waals surface area contributed by atoms with Gasteiger partial charge in [-0.3, -0.25) is 15.0 Å². The van der Waals surface area contributed by atoms with Crippen LogP contribution in [0.5, 0.6) is 11.5 Å². The van der Waals surface area contributed by atoms with Gasteiger partial charge in [0.25, 0.3) is 5.97 Å². The number of amides is 1. The Morgan fingerprint density at radius 3 is 2.03 bits per heavy atom. The number of ether oxygens (including phenoxy) is 2. The van der Waals surface area contributed by atoms with Gasteiger partial charge < -0.3 is 25.2 Å². The lowest BCUT2D eigenvalue weighted by molar-refractivity contribution is -0.134. The van der Waals surface area contributed by atoms with E-state index in [1.807, 2.05) is 0 Å². The van der Waals surface area contributed by atoms with Crippen LogP contribution >= 0.6 is 0 Å². The molecule has 12 heteroatoms. The van der Waals surface area contributed by atoms with E-state index in [0.717, 1.165) is 12.5 Å². The Morgan fingerprint density at radius 2 is 1.54 bits per heavy atom. The zero-order valence-electron chi connectivity index (χ0n) is 19.9. The van der Waals surface area contributed by atoms with Gasteiger partial charge in [0.2, 0.25) is 15.9 Å². The summed E-state index contributed by atoms with van der Waals surface area (Å²) < 4.78 is 37.8. The molecule has 3 rings (SSSR count). The van der Waals surface area contributed by atoms with Crippen LogP contribution in [0.1, 0.15) is 18.1 Å². The summed E-state index contributed by atoms with van der Waals surface area (Å²) in [7, 11) is -0.776. The predicted octanol–water partition coefficient (Wildman–Crippen LogP) is 1.15. The Morgan fingerprint density at radius 1 is 1.00 bits per heavy atom. The molecule has 2 aromatic carbocycles. The van der Waals surface area contributed by atoms with Crippen LogP contribution in [-0.2, 0) is 26.0 Å². The summed E-state index contributed by atoms with van der Waals surface area (Å²) in [5.74, 6) is -0.134. The molecule has 11 nitrogen and oxygen atoms in total. The average Bonchev–Trinajstić information content (AvgIpc) is 2.83. The number of benzene rings is 2. The fraction of sp³-hybridized carbons (Fsp3) is 0.348. The summed E-state index contributed by atoms with van der Waals surface area (Å²) in [4.78, 5) is 23.4. The number of carboxylic acid groups (broad SMARTS) is 1. The molecule has 1 aliphatic heterocycles. The minimum absolute atomic E-state index is 0.0234. The number of carboxylic acids is 1. The van der Waals surface area contributed by atoms with Crippen LogP contribution in [0.25, 0.3) is 0 Å². The van der Waals surface area contributed by atoms with Gasteiger partial charge in [0, 0.05) is 44.7 Å². The fourth-order valence-electron chi connectivity index (χ4n) is 3.39. The Hall–Kier alpha value is -3.64. The van der Waals surface area contributed by atoms with Crippen LogP contribution in [0.15, 0.2) is 47.4 Å². The van der Waals surface area contributed by atoms with E-state index in [-0.39, 0.29) is 36.1 Å². The van der Waals surface area contributed by atoms with Gasteiger partial charge >= 0.3 is 0 Å². The van der Waals surface area contributed by atoms with Crippen molar-refractivity contribution in [2.45, 2.75) is 18.2 Å². The molecule has 0 bridgehead atoms. The molecule has 35 heavy (non-hydrogen) atoms. The number of hydrogen-bond donors (Lipinski definition) is 3. The number of nitrogens with two attached hydrogens (primary N) is 1. The number of piperazine rings is 1. The second kappa shape index (κ2) is 12.2. The molecule has 1 saturated heterocycles. The number of nitrogen functional groups attached to an aromatic ring is 1. The van der Waals surface area contributed by atoms with E-state index in [4.69, 9.17) is 30.5 Å². The highest BCUT2D eigenvalue weighted by Gasteiger charge is 2.30. The number of nitrogens with one attached hydrogen (secondary N) is 1. The third-order valence-electron chi connectivity index (χ3n) is 5.20. The lowest BCUT2D eigenvalue weighted by Gasteiger charge is -2.34. The van der Waals surface area contributed by atoms with Crippen molar-refractivity contribution in [3.63, 3.8) is 0 Å². The number of methoxy groups -OCH3 is 2. The molecule has 4 N–H and O–H groups in total. The summed E-state index contributed by atoms with van der Waals surface area (Å²) in [6.45, 7) is 2.14. The van der Waals surface area contributed by atoms with Crippen LogP contribution in [0.3, 0.4) is 0 Å². The number of rotatable bonds is 7. The Bertz CT molecular complexity index is 1150. The predicted molar refractivity (Wildman–Crippen MR) is 129 cm³/mol. The van der Waals surface area contributed by atoms with Crippen molar-refractivity contribution in [3.05, 3.63) is 53.6 Å². The van der Waals surface area contributed by atoms with E-state index in [1.165, 1.54) is 30.7 Å². The van der Waals surface area contributed by atoms with Gasteiger partial charge in [-0.15, -0.1) is 0 Å². The summed E-state index contributed by atoms with van der Waals surface area (Å²) in [5, 5.41) is 14.8. The molecule has 1 heterocycles. The van der Waals surface area contributed by atoms with Gasteiger partial charge in [0.1, 0.15) is 5.84 Å². The standard InChI is InChI=1S/C21H26N4O5S.C2H4O2/c1-29-18-8-7-17(14-19(18)30-2)31(27,28)25-11-9-24(10-12-25)20(26)13-15-3-5-16(6-4-15)21(22)23;1-2(3)4/h3-8,14H,9-13H2,1-2H3,(H3,22,23);1H3,(H,3,4). The first-order valence-corrected chi connectivity index (χ1v) is 12.1. The lowest BCUT2D eigenvalue weighted by Crippen LogP contribution is -2.50. The number of hydrogen-bond acceptors (Lipinski definition) is 7. The maximum atomic E-state index is 13.0. The van der Waals surface area contributed by atoms with Crippen molar-refractivity contribution in [1.29, 1.82) is 5.41 Å². The van der Waals surface area contributed by atoms with Gasteiger partial charge in [0.15, 0.2) is 11.5 Å². The minimum atomic E-state index is -3.71. The van der Waals surface area contributed by atoms with Crippen molar-refractivity contribution in [2.24, 2.45) is 5.73 Å². The van der Waals surface area contributed by atoms with Crippen LogP contribution in [0.2, 0.25) is 0 Å². The second-order valence-corrected chi connectivity index (χ2v) is 9.55. The molecule has 1 amide bonds. The number of amidine groups is 1. The number of aliphatic carboxylic acids is 1. The highest BCUT2D eigenvalue weighted by molar-refractivity contribution is 7.89. The monoisotopic (exact) mass is 506 g/mol. The van der Waals surface area contributed by atoms with Crippen molar-refractivity contribution in [3.8, 4) is 11.5 Å². The van der Waals surface area contributed by atoms with E-state index >= 15 is 0 Å². The molecular formula is C23H30N4O7S. The Balaban J connectivity index is 0.00000100. The van der Waals surface area contributed by atoms with Gasteiger partial charge in [-0.1, -0.05) is 24.3 Å². The molecule has 0 atom stereocenters.